The number of hydrogen-bond acceptors (Lipinski definition) is 8. The van der Waals surface area contributed by atoms with E-state index in [4.69, 9.17) is 9.47 Å². The summed E-state index contributed by atoms with van der Waals surface area (Å²) in [4.78, 5) is 40.5. The molecule has 10 nitrogen and oxygen atoms in total. The molecule has 0 amide bonds. The number of benzene rings is 3. The highest BCUT2D eigenvalue weighted by Crippen LogP contribution is 2.40. The van der Waals surface area contributed by atoms with Crippen molar-refractivity contribution in [1.82, 2.24) is 10.2 Å². The fraction of sp³-hybridized carbons (Fsp3) is 0.273. The lowest BCUT2D eigenvalue weighted by molar-refractivity contribution is -0.384. The minimum Gasteiger partial charge on any atom is -0.460 e. The monoisotopic (exact) mass is 583 g/mol. The predicted octanol–water partition coefficient (Wildman–Crippen LogP) is 3.98. The molecule has 3 aromatic rings. The molecular formula is C33H35N4O6+. The maximum atomic E-state index is 13.8. The van der Waals surface area contributed by atoms with Gasteiger partial charge in [-0.05, 0) is 37.5 Å². The van der Waals surface area contributed by atoms with E-state index in [-0.39, 0.29) is 28.7 Å². The number of dihydropyridines is 1. The zero-order valence-corrected chi connectivity index (χ0v) is 24.4. The van der Waals surface area contributed by atoms with Crippen LogP contribution in [-0.2, 0) is 19.1 Å². The fourth-order valence-electron chi connectivity index (χ4n) is 5.69. The lowest BCUT2D eigenvalue weighted by Gasteiger charge is -2.44. The molecule has 43 heavy (non-hydrogen) atoms. The average molecular weight is 584 g/mol. The minimum absolute atomic E-state index is 0.00285. The first-order valence-corrected chi connectivity index (χ1v) is 14.2. The molecule has 1 unspecified atom stereocenters. The van der Waals surface area contributed by atoms with E-state index >= 15 is 0 Å². The van der Waals surface area contributed by atoms with Gasteiger partial charge in [-0.2, -0.15) is 0 Å². The Morgan fingerprint density at radius 1 is 0.930 bits per heavy atom. The number of hydrogen-bond donors (Lipinski definition) is 2. The number of ether oxygens (including phenoxy) is 2. The lowest BCUT2D eigenvalue weighted by Crippen LogP contribution is -2.58. The molecule has 0 aliphatic carbocycles. The maximum absolute atomic E-state index is 13.8. The van der Waals surface area contributed by atoms with E-state index in [0.717, 1.165) is 11.1 Å². The quantitative estimate of drug-likeness (QED) is 0.219. The molecule has 2 aliphatic rings. The number of nitrogens with one attached hydrogen (secondary N) is 1. The van der Waals surface area contributed by atoms with Crippen molar-refractivity contribution in [1.29, 1.82) is 0 Å². The van der Waals surface area contributed by atoms with Crippen LogP contribution in [0.3, 0.4) is 0 Å². The van der Waals surface area contributed by atoms with Crippen molar-refractivity contribution in [2.24, 2.45) is 0 Å². The Morgan fingerprint density at radius 3 is 2.09 bits per heavy atom. The highest BCUT2D eigenvalue weighted by Gasteiger charge is 2.43. The van der Waals surface area contributed by atoms with Crippen LogP contribution in [0, 0.1) is 10.1 Å². The third-order valence-electron chi connectivity index (χ3n) is 7.59. The van der Waals surface area contributed by atoms with Gasteiger partial charge in [0.05, 0.1) is 28.6 Å². The van der Waals surface area contributed by atoms with Gasteiger partial charge in [0.2, 0.25) is 5.82 Å². The fourth-order valence-corrected chi connectivity index (χ4v) is 5.69. The number of nitrogens with zero attached hydrogens (tertiary/aromatic N) is 2. The molecule has 1 saturated heterocycles. The second-order valence-corrected chi connectivity index (χ2v) is 11.0. The predicted molar refractivity (Wildman–Crippen MR) is 159 cm³/mol. The van der Waals surface area contributed by atoms with Crippen LogP contribution in [0.5, 0.6) is 0 Å². The van der Waals surface area contributed by atoms with E-state index in [0.29, 0.717) is 24.4 Å². The minimum atomic E-state index is -0.968. The molecule has 0 radical (unpaired) electrons. The number of non-ortho nitro benzene ring substituents is 1. The molecule has 222 valence electrons. The third kappa shape index (κ3) is 6.35. The summed E-state index contributed by atoms with van der Waals surface area (Å²) in [6, 6.07) is 26.2. The Labute approximate surface area is 249 Å². The van der Waals surface area contributed by atoms with Crippen molar-refractivity contribution < 1.29 is 29.7 Å². The number of likely N-dealkylation sites (tertiary alicyclic amines) is 1. The topological polar surface area (TPSA) is 139 Å². The third-order valence-corrected chi connectivity index (χ3v) is 7.59. The molecule has 0 bridgehead atoms. The molecule has 10 heteroatoms. The molecule has 2 aliphatic heterocycles. The van der Waals surface area contributed by atoms with Crippen molar-refractivity contribution >= 4 is 17.6 Å². The van der Waals surface area contributed by atoms with Crippen molar-refractivity contribution in [2.75, 3.05) is 13.1 Å². The van der Waals surface area contributed by atoms with Gasteiger partial charge >= 0.3 is 11.9 Å². The van der Waals surface area contributed by atoms with Crippen LogP contribution < -0.4 is 11.1 Å². The lowest BCUT2D eigenvalue weighted by atomic mass is 9.81. The first-order chi connectivity index (χ1) is 20.6. The van der Waals surface area contributed by atoms with Gasteiger partial charge < -0.3 is 20.5 Å². The van der Waals surface area contributed by atoms with Crippen LogP contribution in [0.1, 0.15) is 49.4 Å². The smallest absolute Gasteiger partial charge is 0.343 e. The summed E-state index contributed by atoms with van der Waals surface area (Å²) < 4.78 is 11.5. The van der Waals surface area contributed by atoms with Gasteiger partial charge in [-0.25, -0.2) is 9.59 Å². The summed E-state index contributed by atoms with van der Waals surface area (Å²) in [6.45, 7) is 6.15. The number of carbonyl (C=O) groups is 2. The molecule has 1 atom stereocenters. The Bertz CT molecular complexity index is 1540. The molecule has 0 aromatic heterocycles. The van der Waals surface area contributed by atoms with E-state index in [2.05, 4.69) is 40.2 Å². The number of nitro groups is 1. The molecule has 0 saturated carbocycles. The summed E-state index contributed by atoms with van der Waals surface area (Å²) in [5.41, 5.74) is 7.29. The van der Waals surface area contributed by atoms with Crippen LogP contribution in [0.4, 0.5) is 5.69 Å². The summed E-state index contributed by atoms with van der Waals surface area (Å²) in [7, 11) is 0. The number of quaternary nitrogens is 1. The summed E-state index contributed by atoms with van der Waals surface area (Å²) in [6.07, 6.45) is -0.811. The Hall–Kier alpha value is -4.80. The van der Waals surface area contributed by atoms with Crippen molar-refractivity contribution in [3.63, 3.8) is 0 Å². The van der Waals surface area contributed by atoms with Crippen LogP contribution >= 0.6 is 0 Å². The molecule has 0 spiro atoms. The average Bonchev–Trinajstić information content (AvgIpc) is 2.96. The van der Waals surface area contributed by atoms with Gasteiger partial charge in [-0.3, -0.25) is 15.0 Å². The van der Waals surface area contributed by atoms with E-state index in [9.17, 15) is 19.7 Å². The number of rotatable bonds is 9. The van der Waals surface area contributed by atoms with Crippen LogP contribution in [0.25, 0.3) is 0 Å². The molecule has 1 fully saturated rings. The standard InChI is InChI=1S/C33H34N4O6/c1-20(2)42-32(38)27-21(3)35-31(34)29(28(27)24-15-10-16-25(17-24)37(40)41)33(39)43-26-18-36(19-26)30(22-11-6-4-7-12-22)23-13-8-5-9-14-23/h4-17,20,26,28,30,35H,18-19,34H2,1-3H3/p+1. The second-order valence-electron chi connectivity index (χ2n) is 11.0. The molecule has 3 aromatic carbocycles. The van der Waals surface area contributed by atoms with Crippen molar-refractivity contribution in [3.8, 4) is 0 Å². The molecular weight excluding hydrogens is 548 g/mol. The number of esters is 2. The van der Waals surface area contributed by atoms with Crippen LogP contribution in [0.15, 0.2) is 108 Å². The first-order valence-electron chi connectivity index (χ1n) is 14.2. The maximum Gasteiger partial charge on any atom is 0.343 e. The summed E-state index contributed by atoms with van der Waals surface area (Å²) >= 11 is 0. The molecule has 4 N–H and O–H groups in total. The Balaban J connectivity index is 1.41. The van der Waals surface area contributed by atoms with Crippen molar-refractivity contribution in [2.45, 2.75) is 44.9 Å². The van der Waals surface area contributed by atoms with Crippen LogP contribution in [-0.4, -0.2) is 47.1 Å². The van der Waals surface area contributed by atoms with E-state index in [1.54, 1.807) is 26.8 Å². The van der Waals surface area contributed by atoms with Gasteiger partial charge in [0, 0.05) is 30.9 Å². The van der Waals surface area contributed by atoms with E-state index in [1.165, 1.54) is 18.2 Å². The highest BCUT2D eigenvalue weighted by molar-refractivity contribution is 5.99. The van der Waals surface area contributed by atoms with E-state index in [1.807, 2.05) is 36.4 Å². The first kappa shape index (κ1) is 29.7. The van der Waals surface area contributed by atoms with E-state index < -0.39 is 35.0 Å². The van der Waals surface area contributed by atoms with Crippen molar-refractivity contribution in [3.05, 3.63) is 134 Å². The normalized spacial score (nSPS) is 17.5. The zero-order chi connectivity index (χ0) is 30.7. The van der Waals surface area contributed by atoms with Gasteiger partial charge in [0.1, 0.15) is 11.7 Å². The summed E-state index contributed by atoms with van der Waals surface area (Å²) in [5.74, 6) is -1.97. The summed E-state index contributed by atoms with van der Waals surface area (Å²) in [5, 5.41) is 14.6. The Kier molecular flexibility index (Phi) is 8.70. The van der Waals surface area contributed by atoms with Gasteiger partial charge in [-0.1, -0.05) is 72.8 Å². The van der Waals surface area contributed by atoms with Gasteiger partial charge in [-0.15, -0.1) is 0 Å². The largest absolute Gasteiger partial charge is 0.460 e. The number of allylic oxidation sites excluding steroid dienone is 1. The number of nitro benzene ring substituents is 1. The Morgan fingerprint density at radius 2 is 1.53 bits per heavy atom. The highest BCUT2D eigenvalue weighted by atomic mass is 16.6. The molecule has 2 heterocycles. The number of carbonyl (C=O) groups excluding carboxylic acids is 2. The zero-order valence-electron chi connectivity index (χ0n) is 24.4. The van der Waals surface area contributed by atoms with Gasteiger partial charge in [0.15, 0.2) is 0 Å². The van der Waals surface area contributed by atoms with Crippen LogP contribution in [0.2, 0.25) is 0 Å². The SMILES string of the molecule is CC1=C(C(=O)OC(C)C)C(c2cccc([N+](=O)[O-])c2)C(C(=O)OC2CN(C(c3ccccc3)c3ccccc3)C2)=C([NH3+])N1. The second kappa shape index (κ2) is 12.6. The van der Waals surface area contributed by atoms with Gasteiger partial charge in [0.25, 0.3) is 5.69 Å². The molecule has 5 rings (SSSR count).